The average Bonchev–Trinajstić information content (AvgIpc) is 2.86. The third-order valence-corrected chi connectivity index (χ3v) is 5.54. The minimum atomic E-state index is 0.636. The summed E-state index contributed by atoms with van der Waals surface area (Å²) in [5.74, 6) is 0. The lowest BCUT2D eigenvalue weighted by Gasteiger charge is -2.45. The molecule has 1 N–H and O–H groups in total. The maximum Gasteiger partial charge on any atom is 0.0363 e. The van der Waals surface area contributed by atoms with E-state index < -0.39 is 0 Å². The Kier molecular flexibility index (Phi) is 3.73. The monoisotopic (exact) mass is 264 g/mol. The zero-order valence-electron chi connectivity index (χ0n) is 11.5. The first-order valence-electron chi connectivity index (χ1n) is 7.35. The fourth-order valence-corrected chi connectivity index (χ4v) is 4.53. The van der Waals surface area contributed by atoms with Crippen molar-refractivity contribution < 1.29 is 0 Å². The lowest BCUT2D eigenvalue weighted by atomic mass is 9.90. The van der Waals surface area contributed by atoms with Gasteiger partial charge in [-0.2, -0.15) is 0 Å². The van der Waals surface area contributed by atoms with Crippen LogP contribution in [0.25, 0.3) is 0 Å². The summed E-state index contributed by atoms with van der Waals surface area (Å²) < 4.78 is 0. The van der Waals surface area contributed by atoms with E-state index in [1.54, 1.807) is 10.4 Å². The molecule has 3 heteroatoms. The minimum absolute atomic E-state index is 0.636. The number of nitrogens with one attached hydrogen (secondary N) is 1. The first-order valence-corrected chi connectivity index (χ1v) is 8.23. The Labute approximate surface area is 114 Å². The summed E-state index contributed by atoms with van der Waals surface area (Å²) in [4.78, 5) is 4.43. The predicted octanol–water partition coefficient (Wildman–Crippen LogP) is 3.20. The molecule has 2 nitrogen and oxygen atoms in total. The summed E-state index contributed by atoms with van der Waals surface area (Å²) in [6.45, 7) is 7.01. The van der Waals surface area contributed by atoms with E-state index in [2.05, 4.69) is 35.5 Å². The van der Waals surface area contributed by atoms with Gasteiger partial charge in [0.25, 0.3) is 0 Å². The number of nitrogens with zero attached hydrogens (tertiary/aromatic N) is 1. The van der Waals surface area contributed by atoms with E-state index in [9.17, 15) is 0 Å². The number of hydrogen-bond donors (Lipinski definition) is 1. The second-order valence-electron chi connectivity index (χ2n) is 5.78. The highest BCUT2D eigenvalue weighted by Crippen LogP contribution is 2.38. The van der Waals surface area contributed by atoms with E-state index in [1.807, 2.05) is 11.3 Å². The Balaban J connectivity index is 1.85. The largest absolute Gasteiger partial charge is 0.311 e. The standard InChI is InChI=1S/C15H24N2S/c1-3-12-9-16-11(2)10-17(12)14-5-4-6-15-13(14)7-8-18-15/h7-8,11-12,14,16H,3-6,9-10H2,1-2H3. The fraction of sp³-hybridized carbons (Fsp3) is 0.733. The zero-order valence-corrected chi connectivity index (χ0v) is 12.3. The molecule has 3 atom stereocenters. The second-order valence-corrected chi connectivity index (χ2v) is 6.78. The van der Waals surface area contributed by atoms with Crippen LogP contribution >= 0.6 is 11.3 Å². The van der Waals surface area contributed by atoms with Crippen LogP contribution in [0.5, 0.6) is 0 Å². The molecule has 100 valence electrons. The summed E-state index contributed by atoms with van der Waals surface area (Å²) in [6.07, 6.45) is 5.29. The molecule has 1 aliphatic carbocycles. The number of aryl methyl sites for hydroxylation is 1. The maximum atomic E-state index is 3.63. The number of rotatable bonds is 2. The van der Waals surface area contributed by atoms with Crippen LogP contribution in [0.2, 0.25) is 0 Å². The maximum absolute atomic E-state index is 3.63. The van der Waals surface area contributed by atoms with Crippen molar-refractivity contribution in [2.75, 3.05) is 13.1 Å². The summed E-state index contributed by atoms with van der Waals surface area (Å²) in [7, 11) is 0. The van der Waals surface area contributed by atoms with Crippen molar-refractivity contribution in [3.63, 3.8) is 0 Å². The molecule has 1 aliphatic heterocycles. The van der Waals surface area contributed by atoms with Crippen LogP contribution in [0.4, 0.5) is 0 Å². The van der Waals surface area contributed by atoms with Crippen LogP contribution in [0.1, 0.15) is 49.6 Å². The van der Waals surface area contributed by atoms with E-state index in [0.29, 0.717) is 12.1 Å². The lowest BCUT2D eigenvalue weighted by molar-refractivity contribution is 0.0736. The molecular weight excluding hydrogens is 240 g/mol. The Morgan fingerprint density at radius 2 is 2.39 bits per heavy atom. The molecule has 18 heavy (non-hydrogen) atoms. The molecule has 0 radical (unpaired) electrons. The summed E-state index contributed by atoms with van der Waals surface area (Å²) in [5.41, 5.74) is 1.64. The molecule has 2 heterocycles. The van der Waals surface area contributed by atoms with Crippen molar-refractivity contribution in [3.05, 3.63) is 21.9 Å². The van der Waals surface area contributed by atoms with E-state index in [0.717, 1.165) is 12.6 Å². The van der Waals surface area contributed by atoms with Crippen molar-refractivity contribution in [2.24, 2.45) is 0 Å². The van der Waals surface area contributed by atoms with Gasteiger partial charge in [0, 0.05) is 36.1 Å². The van der Waals surface area contributed by atoms with Gasteiger partial charge < -0.3 is 5.32 Å². The van der Waals surface area contributed by atoms with Gasteiger partial charge in [-0.05, 0) is 49.6 Å². The van der Waals surface area contributed by atoms with Crippen molar-refractivity contribution in [3.8, 4) is 0 Å². The molecule has 1 aromatic rings. The minimum Gasteiger partial charge on any atom is -0.311 e. The van der Waals surface area contributed by atoms with Gasteiger partial charge in [-0.15, -0.1) is 11.3 Å². The molecule has 0 saturated carbocycles. The molecule has 2 aliphatic rings. The van der Waals surface area contributed by atoms with Gasteiger partial charge in [-0.25, -0.2) is 0 Å². The SMILES string of the molecule is CCC1CNC(C)CN1C1CCCc2sccc21. The molecule has 0 aromatic carbocycles. The number of fused-ring (bicyclic) bond motifs is 1. The van der Waals surface area contributed by atoms with Gasteiger partial charge >= 0.3 is 0 Å². The van der Waals surface area contributed by atoms with Gasteiger partial charge in [0.05, 0.1) is 0 Å². The molecule has 1 fully saturated rings. The van der Waals surface area contributed by atoms with Crippen molar-refractivity contribution in [2.45, 2.75) is 57.7 Å². The molecule has 0 amide bonds. The van der Waals surface area contributed by atoms with Gasteiger partial charge in [-0.1, -0.05) is 6.92 Å². The number of piperazine rings is 1. The van der Waals surface area contributed by atoms with Gasteiger partial charge in [0.1, 0.15) is 0 Å². The van der Waals surface area contributed by atoms with Crippen molar-refractivity contribution in [1.29, 1.82) is 0 Å². The third-order valence-electron chi connectivity index (χ3n) is 4.55. The van der Waals surface area contributed by atoms with Crippen molar-refractivity contribution in [1.82, 2.24) is 10.2 Å². The van der Waals surface area contributed by atoms with Crippen LogP contribution < -0.4 is 5.32 Å². The Bertz CT molecular complexity index is 401. The Morgan fingerprint density at radius 1 is 1.50 bits per heavy atom. The number of thiophene rings is 1. The molecule has 1 saturated heterocycles. The van der Waals surface area contributed by atoms with Gasteiger partial charge in [-0.3, -0.25) is 4.90 Å². The molecule has 3 rings (SSSR count). The quantitative estimate of drug-likeness (QED) is 0.882. The highest BCUT2D eigenvalue weighted by atomic mass is 32.1. The van der Waals surface area contributed by atoms with Gasteiger partial charge in [0.15, 0.2) is 0 Å². The smallest absolute Gasteiger partial charge is 0.0363 e. The van der Waals surface area contributed by atoms with E-state index in [4.69, 9.17) is 0 Å². The Hall–Kier alpha value is -0.380. The van der Waals surface area contributed by atoms with Crippen LogP contribution in [0.3, 0.4) is 0 Å². The normalized spacial score (nSPS) is 33.3. The first-order chi connectivity index (χ1) is 8.79. The predicted molar refractivity (Wildman–Crippen MR) is 78.2 cm³/mol. The van der Waals surface area contributed by atoms with Crippen LogP contribution in [0, 0.1) is 0 Å². The van der Waals surface area contributed by atoms with Crippen molar-refractivity contribution >= 4 is 11.3 Å². The molecule has 3 unspecified atom stereocenters. The molecule has 0 spiro atoms. The summed E-state index contributed by atoms with van der Waals surface area (Å²) in [5, 5.41) is 5.92. The fourth-order valence-electron chi connectivity index (χ4n) is 3.55. The van der Waals surface area contributed by atoms with E-state index >= 15 is 0 Å². The lowest BCUT2D eigenvalue weighted by Crippen LogP contribution is -2.56. The molecule has 0 bridgehead atoms. The topological polar surface area (TPSA) is 15.3 Å². The highest BCUT2D eigenvalue weighted by Gasteiger charge is 2.33. The highest BCUT2D eigenvalue weighted by molar-refractivity contribution is 7.10. The summed E-state index contributed by atoms with van der Waals surface area (Å²) >= 11 is 1.96. The number of hydrogen-bond acceptors (Lipinski definition) is 3. The summed E-state index contributed by atoms with van der Waals surface area (Å²) in [6, 6.07) is 4.42. The van der Waals surface area contributed by atoms with E-state index in [1.165, 1.54) is 32.2 Å². The average molecular weight is 264 g/mol. The second kappa shape index (κ2) is 5.32. The van der Waals surface area contributed by atoms with Crippen LogP contribution in [-0.4, -0.2) is 30.1 Å². The van der Waals surface area contributed by atoms with Gasteiger partial charge in [0.2, 0.25) is 0 Å². The molecular formula is C15H24N2S. The zero-order chi connectivity index (χ0) is 12.5. The third kappa shape index (κ3) is 2.24. The van der Waals surface area contributed by atoms with E-state index in [-0.39, 0.29) is 0 Å². The Morgan fingerprint density at radius 3 is 3.22 bits per heavy atom. The first kappa shape index (κ1) is 12.6. The molecule has 1 aromatic heterocycles. The van der Waals surface area contributed by atoms with Crippen LogP contribution in [0.15, 0.2) is 11.4 Å². The van der Waals surface area contributed by atoms with Crippen LogP contribution in [-0.2, 0) is 6.42 Å².